The predicted molar refractivity (Wildman–Crippen MR) is 72.5 cm³/mol. The van der Waals surface area contributed by atoms with Crippen LogP contribution in [0.1, 0.15) is 33.1 Å². The largest absolute Gasteiger partial charge is 0.399 e. The minimum atomic E-state index is -4.11. The molecule has 4 nitrogen and oxygen atoms in total. The van der Waals surface area contributed by atoms with Gasteiger partial charge in [0.05, 0.1) is 0 Å². The van der Waals surface area contributed by atoms with Crippen LogP contribution >= 0.6 is 0 Å². The first-order valence-electron chi connectivity index (χ1n) is 6.38. The van der Waals surface area contributed by atoms with Crippen LogP contribution in [0, 0.1) is 17.0 Å². The highest BCUT2D eigenvalue weighted by molar-refractivity contribution is 7.89. The van der Waals surface area contributed by atoms with Crippen LogP contribution in [0.3, 0.4) is 0 Å². The van der Waals surface area contributed by atoms with Gasteiger partial charge in [-0.2, -0.15) is 0 Å². The molecule has 1 atom stereocenters. The van der Waals surface area contributed by atoms with Gasteiger partial charge in [-0.15, -0.1) is 0 Å². The maximum Gasteiger partial charge on any atom is 0.243 e. The van der Waals surface area contributed by atoms with Crippen LogP contribution in [0.5, 0.6) is 0 Å². The lowest BCUT2D eigenvalue weighted by Gasteiger charge is -2.18. The molecule has 3 N–H and O–H groups in total. The van der Waals surface area contributed by atoms with Crippen molar-refractivity contribution in [2.45, 2.75) is 44.0 Å². The average molecular weight is 304 g/mol. The number of hydrogen-bond donors (Lipinski definition) is 2. The Bertz CT molecular complexity index is 630. The zero-order valence-corrected chi connectivity index (χ0v) is 12.2. The molecule has 1 unspecified atom stereocenters. The van der Waals surface area contributed by atoms with E-state index in [4.69, 9.17) is 5.73 Å². The molecule has 1 aromatic carbocycles. The molecule has 1 aliphatic carbocycles. The van der Waals surface area contributed by atoms with Gasteiger partial charge < -0.3 is 5.73 Å². The second kappa shape index (κ2) is 4.96. The summed E-state index contributed by atoms with van der Waals surface area (Å²) in [6, 6.07) is 1.42. The van der Waals surface area contributed by atoms with E-state index in [9.17, 15) is 17.2 Å². The van der Waals surface area contributed by atoms with Crippen molar-refractivity contribution in [3.05, 3.63) is 23.8 Å². The molecule has 0 heterocycles. The smallest absolute Gasteiger partial charge is 0.243 e. The molecule has 1 aliphatic rings. The Hall–Kier alpha value is -1.21. The third-order valence-corrected chi connectivity index (χ3v) is 5.12. The van der Waals surface area contributed by atoms with Gasteiger partial charge in [-0.25, -0.2) is 21.9 Å². The van der Waals surface area contributed by atoms with E-state index in [1.165, 1.54) is 0 Å². The molecule has 1 saturated carbocycles. The molecule has 0 radical (unpaired) electrons. The molecule has 2 rings (SSSR count). The Morgan fingerprint density at radius 2 is 2.00 bits per heavy atom. The number of sulfonamides is 1. The first-order valence-corrected chi connectivity index (χ1v) is 7.86. The van der Waals surface area contributed by atoms with Crippen LogP contribution in [-0.2, 0) is 10.0 Å². The fraction of sp³-hybridized carbons (Fsp3) is 0.538. The summed E-state index contributed by atoms with van der Waals surface area (Å²) in [5, 5.41) is 0. The normalized spacial score (nSPS) is 22.1. The summed E-state index contributed by atoms with van der Waals surface area (Å²) in [6.45, 7) is 4.09. The summed E-state index contributed by atoms with van der Waals surface area (Å²) in [4.78, 5) is -0.736. The van der Waals surface area contributed by atoms with E-state index in [0.29, 0.717) is 12.8 Å². The average Bonchev–Trinajstić information content (AvgIpc) is 2.62. The van der Waals surface area contributed by atoms with Crippen LogP contribution in [0.4, 0.5) is 14.5 Å². The highest BCUT2D eigenvalue weighted by Gasteiger charge is 2.34. The Morgan fingerprint density at radius 1 is 1.35 bits per heavy atom. The molecule has 1 aromatic rings. The standard InChI is InChI=1S/C13H18F2N2O2S/c1-13(2)4-3-9(7-13)17-20(18,19)11-6-8(16)5-10(14)12(11)15/h5-6,9,17H,3-4,7,16H2,1-2H3. The van der Waals surface area contributed by atoms with Gasteiger partial charge in [0.1, 0.15) is 4.90 Å². The topological polar surface area (TPSA) is 72.2 Å². The van der Waals surface area contributed by atoms with E-state index in [2.05, 4.69) is 4.72 Å². The number of nitrogens with one attached hydrogen (secondary N) is 1. The molecular formula is C13H18F2N2O2S. The number of benzene rings is 1. The third kappa shape index (κ3) is 3.09. The number of hydrogen-bond acceptors (Lipinski definition) is 3. The summed E-state index contributed by atoms with van der Waals surface area (Å²) < 4.78 is 53.6. The summed E-state index contributed by atoms with van der Waals surface area (Å²) in [5.74, 6) is -2.67. The van der Waals surface area contributed by atoms with E-state index in [1.807, 2.05) is 13.8 Å². The molecular weight excluding hydrogens is 286 g/mol. The Balaban J connectivity index is 2.28. The highest BCUT2D eigenvalue weighted by Crippen LogP contribution is 2.37. The summed E-state index contributed by atoms with van der Waals surface area (Å²) in [6.07, 6.45) is 2.23. The van der Waals surface area contributed by atoms with E-state index in [-0.39, 0.29) is 17.1 Å². The van der Waals surface area contributed by atoms with Crippen molar-refractivity contribution in [1.82, 2.24) is 4.72 Å². The maximum absolute atomic E-state index is 13.7. The zero-order chi connectivity index (χ0) is 15.1. The van der Waals surface area contributed by atoms with Crippen molar-refractivity contribution in [1.29, 1.82) is 0 Å². The van der Waals surface area contributed by atoms with E-state index in [0.717, 1.165) is 18.6 Å². The fourth-order valence-electron chi connectivity index (χ4n) is 2.60. The molecule has 0 amide bonds. The van der Waals surface area contributed by atoms with Gasteiger partial charge in [0, 0.05) is 11.7 Å². The second-order valence-corrected chi connectivity index (χ2v) is 7.72. The fourth-order valence-corrected chi connectivity index (χ4v) is 3.99. The lowest BCUT2D eigenvalue weighted by molar-refractivity contribution is 0.372. The molecule has 0 aromatic heterocycles. The zero-order valence-electron chi connectivity index (χ0n) is 11.4. The van der Waals surface area contributed by atoms with Gasteiger partial charge in [-0.05, 0) is 36.8 Å². The molecule has 1 fully saturated rings. The van der Waals surface area contributed by atoms with Crippen LogP contribution in [-0.4, -0.2) is 14.5 Å². The Kier molecular flexibility index (Phi) is 3.77. The summed E-state index contributed by atoms with van der Waals surface area (Å²) in [5.41, 5.74) is 5.30. The van der Waals surface area contributed by atoms with Crippen molar-refractivity contribution in [3.63, 3.8) is 0 Å². The molecule has 20 heavy (non-hydrogen) atoms. The van der Waals surface area contributed by atoms with Gasteiger partial charge in [0.15, 0.2) is 11.6 Å². The highest BCUT2D eigenvalue weighted by atomic mass is 32.2. The van der Waals surface area contributed by atoms with Gasteiger partial charge >= 0.3 is 0 Å². The number of rotatable bonds is 3. The van der Waals surface area contributed by atoms with Crippen LogP contribution in [0.15, 0.2) is 17.0 Å². The summed E-state index contributed by atoms with van der Waals surface area (Å²) in [7, 11) is -4.11. The molecule has 7 heteroatoms. The maximum atomic E-state index is 13.7. The third-order valence-electron chi connectivity index (χ3n) is 3.60. The van der Waals surface area contributed by atoms with Gasteiger partial charge in [-0.1, -0.05) is 13.8 Å². The number of anilines is 1. The van der Waals surface area contributed by atoms with Crippen LogP contribution in [0.25, 0.3) is 0 Å². The molecule has 112 valence electrons. The van der Waals surface area contributed by atoms with Crippen molar-refractivity contribution in [3.8, 4) is 0 Å². The molecule has 0 aliphatic heterocycles. The van der Waals surface area contributed by atoms with E-state index >= 15 is 0 Å². The van der Waals surface area contributed by atoms with E-state index < -0.39 is 26.6 Å². The molecule has 0 spiro atoms. The lowest BCUT2D eigenvalue weighted by Crippen LogP contribution is -2.34. The van der Waals surface area contributed by atoms with Gasteiger partial charge in [-0.3, -0.25) is 0 Å². The monoisotopic (exact) mass is 304 g/mol. The Labute approximate surface area is 117 Å². The molecule has 0 bridgehead atoms. The molecule has 0 saturated heterocycles. The first-order chi connectivity index (χ1) is 9.11. The van der Waals surface area contributed by atoms with Crippen molar-refractivity contribution in [2.75, 3.05) is 5.73 Å². The number of nitrogens with two attached hydrogens (primary N) is 1. The summed E-state index contributed by atoms with van der Waals surface area (Å²) >= 11 is 0. The predicted octanol–water partition coefficient (Wildman–Crippen LogP) is 2.40. The minimum Gasteiger partial charge on any atom is -0.399 e. The van der Waals surface area contributed by atoms with Crippen molar-refractivity contribution in [2.24, 2.45) is 5.41 Å². The van der Waals surface area contributed by atoms with Crippen molar-refractivity contribution >= 4 is 15.7 Å². The second-order valence-electron chi connectivity index (χ2n) is 6.04. The van der Waals surface area contributed by atoms with Crippen molar-refractivity contribution < 1.29 is 17.2 Å². The van der Waals surface area contributed by atoms with Crippen LogP contribution < -0.4 is 10.5 Å². The van der Waals surface area contributed by atoms with E-state index in [1.54, 1.807) is 0 Å². The number of nitrogen functional groups attached to an aromatic ring is 1. The Morgan fingerprint density at radius 3 is 2.55 bits per heavy atom. The van der Waals surface area contributed by atoms with Gasteiger partial charge in [0.25, 0.3) is 0 Å². The van der Waals surface area contributed by atoms with Crippen LogP contribution in [0.2, 0.25) is 0 Å². The minimum absolute atomic E-state index is 0.0483. The lowest BCUT2D eigenvalue weighted by atomic mass is 9.92. The number of halogens is 2. The first kappa shape index (κ1) is 15.2. The SMILES string of the molecule is CC1(C)CCC(NS(=O)(=O)c2cc(N)cc(F)c2F)C1. The van der Waals surface area contributed by atoms with Gasteiger partial charge in [0.2, 0.25) is 10.0 Å². The quantitative estimate of drug-likeness (QED) is 0.842.